The highest BCUT2D eigenvalue weighted by atomic mass is 32.2. The second-order valence-electron chi connectivity index (χ2n) is 12.4. The van der Waals surface area contributed by atoms with Crippen molar-refractivity contribution in [3.8, 4) is 11.3 Å². The molecule has 0 radical (unpaired) electrons. The summed E-state index contributed by atoms with van der Waals surface area (Å²) in [6.45, 7) is 13.9. The highest BCUT2D eigenvalue weighted by molar-refractivity contribution is 8.00. The Morgan fingerprint density at radius 3 is 2.43 bits per heavy atom. The van der Waals surface area contributed by atoms with Crippen LogP contribution in [0.3, 0.4) is 0 Å². The Bertz CT molecular complexity index is 1740. The van der Waals surface area contributed by atoms with E-state index in [1.165, 1.54) is 53.9 Å². The van der Waals surface area contributed by atoms with Gasteiger partial charge in [0.2, 0.25) is 5.69 Å². The van der Waals surface area contributed by atoms with Crippen LogP contribution in [0.25, 0.3) is 43.6 Å². The highest BCUT2D eigenvalue weighted by Crippen LogP contribution is 2.53. The van der Waals surface area contributed by atoms with Gasteiger partial charge in [0.05, 0.1) is 10.9 Å². The number of benzene rings is 4. The molecule has 0 amide bonds. The zero-order valence-electron chi connectivity index (χ0n) is 22.9. The van der Waals surface area contributed by atoms with Gasteiger partial charge in [0.15, 0.2) is 6.20 Å². The van der Waals surface area contributed by atoms with Crippen molar-refractivity contribution in [3.05, 3.63) is 77.2 Å². The SMILES string of the molecule is Cc1c2c(c(CC(C)C)c3ccc(CC(C)(C)C)cc13)Sc1cc3ccc(F)cc3c3cc[n+](C)c-2c13. The van der Waals surface area contributed by atoms with Crippen molar-refractivity contribution in [3.63, 3.8) is 0 Å². The van der Waals surface area contributed by atoms with Gasteiger partial charge in [0.25, 0.3) is 0 Å². The molecular weight excluding hydrogens is 473 g/mol. The molecule has 5 aromatic rings. The quantitative estimate of drug-likeness (QED) is 0.170. The van der Waals surface area contributed by atoms with Crippen molar-refractivity contribution < 1.29 is 8.96 Å². The predicted octanol–water partition coefficient (Wildman–Crippen LogP) is 9.34. The number of halogens is 1. The smallest absolute Gasteiger partial charge is 0.207 e. The largest absolute Gasteiger partial charge is 0.222 e. The molecule has 0 spiro atoms. The van der Waals surface area contributed by atoms with Crippen molar-refractivity contribution in [2.75, 3.05) is 0 Å². The minimum absolute atomic E-state index is 0.186. The minimum Gasteiger partial charge on any atom is -0.207 e. The zero-order chi connectivity index (χ0) is 26.2. The van der Waals surface area contributed by atoms with Crippen LogP contribution in [-0.2, 0) is 19.9 Å². The van der Waals surface area contributed by atoms with E-state index in [4.69, 9.17) is 0 Å². The van der Waals surface area contributed by atoms with Gasteiger partial charge in [-0.1, -0.05) is 70.6 Å². The average molecular weight is 509 g/mol. The molecule has 0 saturated heterocycles. The normalized spacial score (nSPS) is 13.2. The van der Waals surface area contributed by atoms with Crippen LogP contribution in [0, 0.1) is 24.1 Å². The van der Waals surface area contributed by atoms with Gasteiger partial charge in [-0.2, -0.15) is 0 Å². The van der Waals surface area contributed by atoms with E-state index in [0.717, 1.165) is 29.0 Å². The first-order valence-corrected chi connectivity index (χ1v) is 14.1. The molecular formula is C34H35FNS+. The molecule has 1 nitrogen and oxygen atoms in total. The molecule has 0 fully saturated rings. The van der Waals surface area contributed by atoms with Crippen molar-refractivity contribution in [1.29, 1.82) is 0 Å². The summed E-state index contributed by atoms with van der Waals surface area (Å²) in [4.78, 5) is 2.65. The van der Waals surface area contributed by atoms with E-state index in [1.54, 1.807) is 12.1 Å². The van der Waals surface area contributed by atoms with Gasteiger partial charge in [-0.05, 0) is 87.5 Å². The van der Waals surface area contributed by atoms with Gasteiger partial charge in [-0.15, -0.1) is 0 Å². The Hall–Kier alpha value is -2.91. The molecule has 4 aromatic carbocycles. The molecule has 0 aliphatic carbocycles. The summed E-state index contributed by atoms with van der Waals surface area (Å²) >= 11 is 1.91. The molecule has 1 aliphatic heterocycles. The molecule has 0 saturated carbocycles. The van der Waals surface area contributed by atoms with Gasteiger partial charge in [-0.3, -0.25) is 0 Å². The number of pyridine rings is 1. The number of rotatable bonds is 3. The summed E-state index contributed by atoms with van der Waals surface area (Å²) in [7, 11) is 2.15. The lowest BCUT2D eigenvalue weighted by atomic mass is 9.84. The van der Waals surface area contributed by atoms with Gasteiger partial charge >= 0.3 is 0 Å². The fraction of sp³-hybridized carbons (Fsp3) is 0.324. The Kier molecular flexibility index (Phi) is 5.65. The van der Waals surface area contributed by atoms with E-state index in [0.29, 0.717) is 5.92 Å². The molecule has 0 N–H and O–H groups in total. The Balaban J connectivity index is 1.75. The Morgan fingerprint density at radius 2 is 1.70 bits per heavy atom. The van der Waals surface area contributed by atoms with Crippen LogP contribution in [0.2, 0.25) is 0 Å². The first kappa shape index (κ1) is 24.4. The number of aryl methyl sites for hydroxylation is 2. The fourth-order valence-electron chi connectivity index (χ4n) is 6.19. The Morgan fingerprint density at radius 1 is 0.919 bits per heavy atom. The molecule has 6 rings (SSSR count). The molecule has 0 atom stereocenters. The van der Waals surface area contributed by atoms with Crippen LogP contribution < -0.4 is 4.57 Å². The topological polar surface area (TPSA) is 3.88 Å². The van der Waals surface area contributed by atoms with Crippen LogP contribution >= 0.6 is 11.8 Å². The van der Waals surface area contributed by atoms with Crippen molar-refractivity contribution in [2.45, 2.75) is 64.2 Å². The van der Waals surface area contributed by atoms with Crippen LogP contribution in [0.1, 0.15) is 51.3 Å². The second-order valence-corrected chi connectivity index (χ2v) is 13.5. The summed E-state index contributed by atoms with van der Waals surface area (Å²) in [5, 5.41) is 7.20. The fourth-order valence-corrected chi connectivity index (χ4v) is 7.57. The number of hydrogen-bond acceptors (Lipinski definition) is 1. The van der Waals surface area contributed by atoms with Crippen molar-refractivity contribution in [1.82, 2.24) is 0 Å². The lowest BCUT2D eigenvalue weighted by Crippen LogP contribution is -2.32. The molecule has 1 aromatic heterocycles. The lowest BCUT2D eigenvalue weighted by molar-refractivity contribution is -0.659. The predicted molar refractivity (Wildman–Crippen MR) is 156 cm³/mol. The third kappa shape index (κ3) is 4.03. The van der Waals surface area contributed by atoms with Crippen molar-refractivity contribution >= 4 is 44.1 Å². The zero-order valence-corrected chi connectivity index (χ0v) is 23.7. The molecule has 0 unspecified atom stereocenters. The summed E-state index contributed by atoms with van der Waals surface area (Å²) in [6.07, 6.45) is 4.24. The highest BCUT2D eigenvalue weighted by Gasteiger charge is 2.32. The lowest BCUT2D eigenvalue weighted by Gasteiger charge is -2.26. The van der Waals surface area contributed by atoms with E-state index in [1.807, 2.05) is 17.8 Å². The third-order valence-electron chi connectivity index (χ3n) is 7.65. The van der Waals surface area contributed by atoms with E-state index in [-0.39, 0.29) is 11.2 Å². The minimum atomic E-state index is -0.186. The maximum atomic E-state index is 14.3. The second kappa shape index (κ2) is 8.56. The van der Waals surface area contributed by atoms with E-state index in [2.05, 4.69) is 89.7 Å². The van der Waals surface area contributed by atoms with Crippen LogP contribution in [-0.4, -0.2) is 0 Å². The van der Waals surface area contributed by atoms with E-state index < -0.39 is 0 Å². The van der Waals surface area contributed by atoms with E-state index >= 15 is 0 Å². The monoisotopic (exact) mass is 508 g/mol. The standard InChI is InChI=1S/C34H35FNS/c1-19(2)14-28-24-11-8-21(18-34(4,5)6)15-26(24)20(3)30-32-31-25(12-13-36(32)7)27-17-23(35)10-9-22(27)16-29(31)37-33(28)30/h8-13,15-17,19H,14,18H2,1-7H3/q+1. The van der Waals surface area contributed by atoms with E-state index in [9.17, 15) is 4.39 Å². The van der Waals surface area contributed by atoms with Crippen molar-refractivity contribution in [2.24, 2.45) is 18.4 Å². The third-order valence-corrected chi connectivity index (χ3v) is 8.84. The number of fused-ring (bicyclic) bond motifs is 5. The molecule has 37 heavy (non-hydrogen) atoms. The summed E-state index contributed by atoms with van der Waals surface area (Å²) in [5.74, 6) is 0.365. The number of nitrogens with zero attached hydrogens (tertiary/aromatic N) is 1. The first-order chi connectivity index (χ1) is 17.5. The van der Waals surface area contributed by atoms with Crippen LogP contribution in [0.5, 0.6) is 0 Å². The summed E-state index contributed by atoms with van der Waals surface area (Å²) in [6, 6.07) is 16.8. The molecule has 1 aliphatic rings. The molecule has 188 valence electrons. The molecule has 3 heteroatoms. The summed E-state index contributed by atoms with van der Waals surface area (Å²) < 4.78 is 16.6. The average Bonchev–Trinajstić information content (AvgIpc) is 2.82. The number of aromatic nitrogens is 1. The maximum Gasteiger partial charge on any atom is 0.222 e. The van der Waals surface area contributed by atoms with Crippen LogP contribution in [0.4, 0.5) is 4.39 Å². The van der Waals surface area contributed by atoms with Gasteiger partial charge in [0.1, 0.15) is 12.9 Å². The Labute approximate surface area is 223 Å². The first-order valence-electron chi connectivity index (χ1n) is 13.3. The van der Waals surface area contributed by atoms with Gasteiger partial charge in [0, 0.05) is 21.2 Å². The van der Waals surface area contributed by atoms with Gasteiger partial charge in [-0.25, -0.2) is 8.96 Å². The van der Waals surface area contributed by atoms with Crippen LogP contribution in [0.15, 0.2) is 64.5 Å². The van der Waals surface area contributed by atoms with Gasteiger partial charge < -0.3 is 0 Å². The maximum absolute atomic E-state index is 14.3. The molecule has 2 heterocycles. The molecule has 0 bridgehead atoms. The summed E-state index contributed by atoms with van der Waals surface area (Å²) in [5.41, 5.74) is 7.02. The number of hydrogen-bond donors (Lipinski definition) is 0.